The van der Waals surface area contributed by atoms with Crippen LogP contribution < -0.4 is 10.6 Å². The second-order valence-corrected chi connectivity index (χ2v) is 19.5. The van der Waals surface area contributed by atoms with Gasteiger partial charge in [0.2, 0.25) is 5.95 Å². The molecular formula is C47H43F10N17. The van der Waals surface area contributed by atoms with E-state index < -0.39 is 54.6 Å². The molecule has 0 unspecified atom stereocenters. The molecule has 74 heavy (non-hydrogen) atoms. The van der Waals surface area contributed by atoms with E-state index in [1.807, 2.05) is 23.8 Å². The molecule has 0 bridgehead atoms. The van der Waals surface area contributed by atoms with E-state index in [9.17, 15) is 26.3 Å². The number of nitrogens with one attached hydrogen (secondary N) is 2. The van der Waals surface area contributed by atoms with Crippen molar-refractivity contribution in [2.24, 2.45) is 7.05 Å². The highest BCUT2D eigenvalue weighted by Crippen LogP contribution is 2.56. The van der Waals surface area contributed by atoms with E-state index >= 15 is 17.6 Å². The number of alkyl halides is 10. The molecule has 0 radical (unpaired) electrons. The zero-order chi connectivity index (χ0) is 51.9. The van der Waals surface area contributed by atoms with Crippen molar-refractivity contribution in [2.45, 2.75) is 121 Å². The number of hydrogen-bond acceptors (Lipinski definition) is 11. The molecule has 8 aromatic rings. The van der Waals surface area contributed by atoms with Crippen LogP contribution in [0.4, 0.5) is 67.3 Å². The van der Waals surface area contributed by atoms with Crippen LogP contribution in [-0.4, -0.2) is 91.5 Å². The van der Waals surface area contributed by atoms with E-state index in [2.05, 4.69) is 51.2 Å². The van der Waals surface area contributed by atoms with E-state index in [1.54, 1.807) is 36.9 Å². The lowest BCUT2D eigenvalue weighted by atomic mass is 9.67. The van der Waals surface area contributed by atoms with Gasteiger partial charge in [0.05, 0.1) is 42.1 Å². The van der Waals surface area contributed by atoms with Gasteiger partial charge in [0, 0.05) is 67.6 Å². The number of nitrogens with zero attached hydrogens (tertiary/aromatic N) is 15. The summed E-state index contributed by atoms with van der Waals surface area (Å²) in [6.07, 6.45) is -2.49. The SMILES string of the molecule is Cc1cnc(Nc2cc(-c3nc(Nc4ccnn4C)nc(-c4cc5n(c4)CC(F)(F)Cn4c-5nnc4C4(C(F)(F)F)CCC4)c3C)nn2C(F)F)cc1-c1cc2n(c1)CCCn1c-2nnc1C1(C(F)(F)F)CCC1. The summed E-state index contributed by atoms with van der Waals surface area (Å²) in [5.74, 6) is -3.75. The highest BCUT2D eigenvalue weighted by molar-refractivity contribution is 5.79. The first-order chi connectivity index (χ1) is 35.1. The van der Waals surface area contributed by atoms with Gasteiger partial charge in [-0.15, -0.1) is 20.4 Å². The number of anilines is 4. The fraction of sp³-hybridized carbons (Fsp3) is 0.426. The van der Waals surface area contributed by atoms with E-state index in [0.717, 1.165) is 4.57 Å². The Morgan fingerprint density at radius 1 is 0.689 bits per heavy atom. The minimum atomic E-state index is -4.76. The van der Waals surface area contributed by atoms with Gasteiger partial charge in [-0.25, -0.2) is 23.7 Å². The number of aromatic nitrogens is 15. The molecule has 2 saturated carbocycles. The number of fused-ring (bicyclic) bond motifs is 6. The lowest BCUT2D eigenvalue weighted by Gasteiger charge is -2.42. The van der Waals surface area contributed by atoms with E-state index in [4.69, 9.17) is 4.98 Å². The first kappa shape index (κ1) is 47.4. The molecule has 10 heterocycles. The van der Waals surface area contributed by atoms with Gasteiger partial charge in [-0.05, 0) is 75.3 Å². The standard InChI is InChI=1S/C47H43F10N17/c1-24-19-58-32(17-28(24)26-15-30-37-64-66-39(43(8-4-9-43)46(52,53)54)72(37)14-6-13-70(30)20-26)60-34-18-29(68-74(34)41(48)49)36-25(2)35(62-42(63-36)61-33-7-12-59-69(33)3)27-16-31-38-65-67-40(44(10-5-11-44)47(55,56)57)73(38)23-45(50,51)22-71(31)21-27/h7,12,15-21,41H,4-6,8-11,13-14,22-23H2,1-3H3,(H,58,60)(H,61,62,63). The Balaban J connectivity index is 0.908. The van der Waals surface area contributed by atoms with Crippen LogP contribution in [0, 0.1) is 13.8 Å². The molecule has 386 valence electrons. The summed E-state index contributed by atoms with van der Waals surface area (Å²) >= 11 is 0. The van der Waals surface area contributed by atoms with Crippen molar-refractivity contribution < 1.29 is 43.9 Å². The van der Waals surface area contributed by atoms with E-state index in [1.165, 1.54) is 33.8 Å². The summed E-state index contributed by atoms with van der Waals surface area (Å²) in [5, 5.41) is 30.8. The van der Waals surface area contributed by atoms with E-state index in [0.29, 0.717) is 64.6 Å². The molecule has 2 fully saturated rings. The van der Waals surface area contributed by atoms with Crippen molar-refractivity contribution in [1.29, 1.82) is 0 Å². The van der Waals surface area contributed by atoms with Crippen molar-refractivity contribution in [1.82, 2.24) is 73.2 Å². The summed E-state index contributed by atoms with van der Waals surface area (Å²) in [5.41, 5.74) is -1.15. The average Bonchev–Trinajstić information content (AvgIpc) is 4.16. The molecule has 2 N–H and O–H groups in total. The topological polar surface area (TPSA) is 170 Å². The second-order valence-electron chi connectivity index (χ2n) is 19.5. The molecule has 0 atom stereocenters. The maximum absolute atomic E-state index is 15.8. The van der Waals surface area contributed by atoms with Gasteiger partial charge in [0.15, 0.2) is 11.6 Å². The molecule has 0 spiro atoms. The Bertz CT molecular complexity index is 3500. The Morgan fingerprint density at radius 2 is 1.32 bits per heavy atom. The van der Waals surface area contributed by atoms with E-state index in [-0.39, 0.29) is 95.2 Å². The van der Waals surface area contributed by atoms with Gasteiger partial charge >= 0.3 is 18.9 Å². The lowest BCUT2D eigenvalue weighted by Crippen LogP contribution is -2.50. The minimum Gasteiger partial charge on any atom is -0.344 e. The van der Waals surface area contributed by atoms with Gasteiger partial charge in [-0.1, -0.05) is 12.8 Å². The zero-order valence-electron chi connectivity index (χ0n) is 39.5. The highest BCUT2D eigenvalue weighted by atomic mass is 19.4. The molecule has 0 saturated heterocycles. The fourth-order valence-corrected chi connectivity index (χ4v) is 10.8. The summed E-state index contributed by atoms with van der Waals surface area (Å²) in [7, 11) is 1.65. The maximum Gasteiger partial charge on any atom is 0.401 e. The van der Waals surface area contributed by atoms with Crippen LogP contribution in [0.25, 0.3) is 56.8 Å². The van der Waals surface area contributed by atoms with Gasteiger partial charge in [0.1, 0.15) is 45.6 Å². The molecular weight excluding hydrogens is 993 g/mol. The average molecular weight is 1040 g/mol. The largest absolute Gasteiger partial charge is 0.401 e. The summed E-state index contributed by atoms with van der Waals surface area (Å²) in [4.78, 5) is 13.9. The third kappa shape index (κ3) is 7.37. The lowest BCUT2D eigenvalue weighted by molar-refractivity contribution is -0.217. The van der Waals surface area contributed by atoms with Crippen LogP contribution in [0.3, 0.4) is 0 Å². The van der Waals surface area contributed by atoms with Crippen molar-refractivity contribution >= 4 is 23.4 Å². The van der Waals surface area contributed by atoms with Crippen molar-refractivity contribution in [3.63, 3.8) is 0 Å². The van der Waals surface area contributed by atoms with Gasteiger partial charge < -0.3 is 28.9 Å². The quantitative estimate of drug-likeness (QED) is 0.125. The van der Waals surface area contributed by atoms with Crippen molar-refractivity contribution in [3.8, 4) is 56.8 Å². The molecule has 27 heteroatoms. The smallest absolute Gasteiger partial charge is 0.344 e. The number of rotatable bonds is 10. The third-order valence-electron chi connectivity index (χ3n) is 15.0. The molecule has 2 aliphatic heterocycles. The van der Waals surface area contributed by atoms with Gasteiger partial charge in [-0.3, -0.25) is 4.68 Å². The Morgan fingerprint density at radius 3 is 1.96 bits per heavy atom. The Kier molecular flexibility index (Phi) is 10.5. The molecule has 4 aliphatic rings. The second kappa shape index (κ2) is 16.4. The van der Waals surface area contributed by atoms with Gasteiger partial charge in [-0.2, -0.15) is 50.0 Å². The summed E-state index contributed by atoms with van der Waals surface area (Å²) in [6, 6.07) is 7.88. The summed E-state index contributed by atoms with van der Waals surface area (Å²) < 4.78 is 156. The molecule has 0 amide bonds. The van der Waals surface area contributed by atoms with Crippen LogP contribution >= 0.6 is 0 Å². The third-order valence-corrected chi connectivity index (χ3v) is 15.0. The predicted molar refractivity (Wildman–Crippen MR) is 246 cm³/mol. The van der Waals surface area contributed by atoms with Gasteiger partial charge in [0.25, 0.3) is 5.92 Å². The number of halogens is 10. The number of aryl methyl sites for hydroxylation is 3. The normalized spacial score (nSPS) is 17.6. The molecule has 8 aromatic heterocycles. The molecule has 2 aliphatic carbocycles. The maximum atomic E-state index is 15.8. The number of hydrogen-bond donors (Lipinski definition) is 2. The van der Waals surface area contributed by atoms with Crippen molar-refractivity contribution in [3.05, 3.63) is 77.9 Å². The predicted octanol–water partition coefficient (Wildman–Crippen LogP) is 10.4. The molecule has 17 nitrogen and oxygen atoms in total. The minimum absolute atomic E-state index is 0.0544. The first-order valence-corrected chi connectivity index (χ1v) is 23.7. The molecule has 12 rings (SSSR count). The monoisotopic (exact) mass is 1040 g/mol. The first-order valence-electron chi connectivity index (χ1n) is 23.7. The fourth-order valence-electron chi connectivity index (χ4n) is 10.8. The van der Waals surface area contributed by atoms with Crippen LogP contribution in [-0.2, 0) is 44.1 Å². The zero-order valence-corrected chi connectivity index (χ0v) is 39.5. The Labute approximate surface area is 412 Å². The van der Waals surface area contributed by atoms with Crippen molar-refractivity contribution in [2.75, 3.05) is 10.6 Å². The molecule has 0 aromatic carbocycles. The van der Waals surface area contributed by atoms with Crippen LogP contribution in [0.5, 0.6) is 0 Å². The Hall–Kier alpha value is -7.61. The van der Waals surface area contributed by atoms with Crippen LogP contribution in [0.15, 0.2) is 55.1 Å². The van der Waals surface area contributed by atoms with Crippen LogP contribution in [0.2, 0.25) is 0 Å². The summed E-state index contributed by atoms with van der Waals surface area (Å²) in [6.45, 7) is -0.971. The number of pyridine rings is 1. The van der Waals surface area contributed by atoms with Crippen LogP contribution in [0.1, 0.15) is 74.3 Å². The highest BCUT2D eigenvalue weighted by Gasteiger charge is 2.64.